The number of nitrogens with two attached hydrogens (primary N) is 1. The fraction of sp³-hybridized carbons (Fsp3) is 0.167. The minimum absolute atomic E-state index is 0.185. The van der Waals surface area contributed by atoms with Gasteiger partial charge in [-0.25, -0.2) is 12.8 Å². The minimum Gasteiger partial charge on any atom is -0.396 e. The van der Waals surface area contributed by atoms with Crippen LogP contribution in [0.2, 0.25) is 5.02 Å². The highest BCUT2D eigenvalue weighted by Crippen LogP contribution is 2.29. The lowest BCUT2D eigenvalue weighted by molar-refractivity contribution is 0.469. The van der Waals surface area contributed by atoms with E-state index in [1.165, 1.54) is 18.4 Å². The smallest absolute Gasteiger partial charge is 0.244 e. The minimum atomic E-state index is -3.82. The van der Waals surface area contributed by atoms with Crippen molar-refractivity contribution in [1.29, 1.82) is 0 Å². The summed E-state index contributed by atoms with van der Waals surface area (Å²) in [5.41, 5.74) is 5.16. The van der Waals surface area contributed by atoms with Crippen molar-refractivity contribution in [2.45, 2.75) is 11.4 Å². The molecule has 0 aliphatic heterocycles. The van der Waals surface area contributed by atoms with E-state index in [-0.39, 0.29) is 22.2 Å². The van der Waals surface area contributed by atoms with E-state index in [1.54, 1.807) is 0 Å². The quantitative estimate of drug-likeness (QED) is 0.874. The van der Waals surface area contributed by atoms with Crippen molar-refractivity contribution < 1.29 is 12.8 Å². The van der Waals surface area contributed by atoms with E-state index >= 15 is 0 Å². The summed E-state index contributed by atoms with van der Waals surface area (Å²) in [5, 5.41) is 1.67. The molecule has 0 saturated heterocycles. The van der Waals surface area contributed by atoms with Crippen molar-refractivity contribution in [1.82, 2.24) is 4.31 Å². The molecule has 108 valence electrons. The van der Waals surface area contributed by atoms with E-state index in [0.717, 1.165) is 21.3 Å². The first-order valence-corrected chi connectivity index (χ1v) is 8.25. The Labute approximate surface area is 125 Å². The highest BCUT2D eigenvalue weighted by Gasteiger charge is 2.25. The maximum Gasteiger partial charge on any atom is 0.244 e. The second kappa shape index (κ2) is 5.69. The molecule has 20 heavy (non-hydrogen) atoms. The second-order valence-electron chi connectivity index (χ2n) is 4.14. The van der Waals surface area contributed by atoms with E-state index in [2.05, 4.69) is 0 Å². The third-order valence-electron chi connectivity index (χ3n) is 2.70. The Morgan fingerprint density at radius 2 is 2.15 bits per heavy atom. The van der Waals surface area contributed by atoms with Crippen LogP contribution in [0.1, 0.15) is 4.88 Å². The molecule has 2 rings (SSSR count). The molecule has 1 aromatic heterocycles. The second-order valence-corrected chi connectivity index (χ2v) is 7.60. The van der Waals surface area contributed by atoms with Crippen LogP contribution in [0.5, 0.6) is 0 Å². The Morgan fingerprint density at radius 3 is 2.75 bits per heavy atom. The molecule has 2 aromatic rings. The van der Waals surface area contributed by atoms with Crippen LogP contribution in [-0.4, -0.2) is 19.8 Å². The van der Waals surface area contributed by atoms with Gasteiger partial charge in [-0.2, -0.15) is 4.31 Å². The number of thiophene rings is 1. The van der Waals surface area contributed by atoms with Crippen LogP contribution in [0.15, 0.2) is 34.5 Å². The van der Waals surface area contributed by atoms with Crippen molar-refractivity contribution in [2.75, 3.05) is 12.8 Å². The monoisotopic (exact) mass is 334 g/mol. The maximum atomic E-state index is 13.2. The molecule has 4 nitrogen and oxygen atoms in total. The van der Waals surface area contributed by atoms with Crippen molar-refractivity contribution in [3.63, 3.8) is 0 Å². The molecule has 2 N–H and O–H groups in total. The molecular formula is C12H12ClFN2O2S2. The highest BCUT2D eigenvalue weighted by molar-refractivity contribution is 7.89. The first-order chi connectivity index (χ1) is 9.32. The van der Waals surface area contributed by atoms with Crippen molar-refractivity contribution in [2.24, 2.45) is 0 Å². The lowest BCUT2D eigenvalue weighted by Gasteiger charge is -2.17. The van der Waals surface area contributed by atoms with Gasteiger partial charge in [0.25, 0.3) is 0 Å². The molecule has 0 aliphatic rings. The number of benzene rings is 1. The van der Waals surface area contributed by atoms with Gasteiger partial charge in [-0.3, -0.25) is 0 Å². The standard InChI is InChI=1S/C12H12ClFN2O2S2/c1-16(7-8-3-2-4-19-8)20(17,18)12-6-11(15)10(14)5-9(12)13/h2-6H,7,15H2,1H3. The third-order valence-corrected chi connectivity index (χ3v) is 5.83. The fourth-order valence-electron chi connectivity index (χ4n) is 1.62. The van der Waals surface area contributed by atoms with Gasteiger partial charge in [-0.15, -0.1) is 11.3 Å². The average Bonchev–Trinajstić information content (AvgIpc) is 2.86. The zero-order valence-corrected chi connectivity index (χ0v) is 12.9. The molecular weight excluding hydrogens is 323 g/mol. The zero-order valence-electron chi connectivity index (χ0n) is 10.5. The van der Waals surface area contributed by atoms with Gasteiger partial charge in [-0.1, -0.05) is 17.7 Å². The molecule has 0 atom stereocenters. The van der Waals surface area contributed by atoms with Gasteiger partial charge >= 0.3 is 0 Å². The first kappa shape index (κ1) is 15.2. The molecule has 0 fully saturated rings. The van der Waals surface area contributed by atoms with Crippen molar-refractivity contribution >= 4 is 38.6 Å². The predicted molar refractivity (Wildman–Crippen MR) is 78.8 cm³/mol. The number of anilines is 1. The number of nitrogens with zero attached hydrogens (tertiary/aromatic N) is 1. The Hall–Kier alpha value is -1.15. The van der Waals surface area contributed by atoms with Crippen LogP contribution in [-0.2, 0) is 16.6 Å². The number of nitrogen functional groups attached to an aromatic ring is 1. The maximum absolute atomic E-state index is 13.2. The molecule has 0 aliphatic carbocycles. The van der Waals surface area contributed by atoms with Crippen LogP contribution in [0, 0.1) is 5.82 Å². The summed E-state index contributed by atoms with van der Waals surface area (Å²) in [5.74, 6) is -0.741. The predicted octanol–water partition coefficient (Wildman–Crippen LogP) is 2.94. The van der Waals surface area contributed by atoms with Crippen molar-refractivity contribution in [3.8, 4) is 0 Å². The third kappa shape index (κ3) is 2.95. The molecule has 0 radical (unpaired) electrons. The molecule has 0 saturated carbocycles. The summed E-state index contributed by atoms with van der Waals surface area (Å²) in [6.07, 6.45) is 0. The van der Waals surface area contributed by atoms with E-state index in [0.29, 0.717) is 0 Å². The number of hydrogen-bond acceptors (Lipinski definition) is 4. The van der Waals surface area contributed by atoms with Gasteiger partial charge in [0.15, 0.2) is 0 Å². The summed E-state index contributed by atoms with van der Waals surface area (Å²) in [7, 11) is -2.39. The Kier molecular flexibility index (Phi) is 4.33. The Morgan fingerprint density at radius 1 is 1.45 bits per heavy atom. The summed E-state index contributed by atoms with van der Waals surface area (Å²) < 4.78 is 39.2. The number of halogens is 2. The lowest BCUT2D eigenvalue weighted by Crippen LogP contribution is -2.26. The van der Waals surface area contributed by atoms with Crippen LogP contribution < -0.4 is 5.73 Å². The molecule has 0 bridgehead atoms. The van der Waals surface area contributed by atoms with Gasteiger partial charge in [0.2, 0.25) is 10.0 Å². The normalized spacial score (nSPS) is 12.0. The van der Waals surface area contributed by atoms with Gasteiger partial charge in [-0.05, 0) is 23.6 Å². The van der Waals surface area contributed by atoms with E-state index in [1.807, 2.05) is 17.5 Å². The largest absolute Gasteiger partial charge is 0.396 e. The zero-order chi connectivity index (χ0) is 14.9. The van der Waals surface area contributed by atoms with Crippen molar-refractivity contribution in [3.05, 3.63) is 45.4 Å². The van der Waals surface area contributed by atoms with E-state index in [4.69, 9.17) is 17.3 Å². The highest BCUT2D eigenvalue weighted by atomic mass is 35.5. The lowest BCUT2D eigenvalue weighted by atomic mass is 10.3. The summed E-state index contributed by atoms with van der Waals surface area (Å²) in [4.78, 5) is 0.694. The SMILES string of the molecule is CN(Cc1cccs1)S(=O)(=O)c1cc(N)c(F)cc1Cl. The topological polar surface area (TPSA) is 63.4 Å². The number of sulfonamides is 1. The first-order valence-electron chi connectivity index (χ1n) is 5.55. The number of hydrogen-bond donors (Lipinski definition) is 1. The van der Waals surface area contributed by atoms with E-state index in [9.17, 15) is 12.8 Å². The number of rotatable bonds is 4. The summed E-state index contributed by atoms with van der Waals surface area (Å²) in [6, 6.07) is 5.61. The molecule has 0 amide bonds. The molecule has 8 heteroatoms. The van der Waals surface area contributed by atoms with Gasteiger partial charge in [0, 0.05) is 18.5 Å². The summed E-state index contributed by atoms with van der Waals surface area (Å²) in [6.45, 7) is 0.216. The van der Waals surface area contributed by atoms with Gasteiger partial charge in [0.1, 0.15) is 10.7 Å². The average molecular weight is 335 g/mol. The van der Waals surface area contributed by atoms with Crippen LogP contribution in [0.4, 0.5) is 10.1 Å². The molecule has 0 spiro atoms. The molecule has 0 unspecified atom stereocenters. The van der Waals surface area contributed by atoms with Gasteiger partial charge in [0.05, 0.1) is 10.7 Å². The van der Waals surface area contributed by atoms with E-state index < -0.39 is 15.8 Å². The van der Waals surface area contributed by atoms with Crippen LogP contribution >= 0.6 is 22.9 Å². The molecule has 1 aromatic carbocycles. The Bertz CT molecular complexity index is 717. The Balaban J connectivity index is 2.37. The molecule has 1 heterocycles. The van der Waals surface area contributed by atoms with Crippen LogP contribution in [0.3, 0.4) is 0 Å². The fourth-order valence-corrected chi connectivity index (χ4v) is 4.13. The van der Waals surface area contributed by atoms with Gasteiger partial charge < -0.3 is 5.73 Å². The summed E-state index contributed by atoms with van der Waals surface area (Å²) >= 11 is 7.26. The van der Waals surface area contributed by atoms with Crippen LogP contribution in [0.25, 0.3) is 0 Å².